The molecule has 394 valence electrons. The van der Waals surface area contributed by atoms with E-state index in [1.165, 1.54) is 76.8 Å². The van der Waals surface area contributed by atoms with Crippen molar-refractivity contribution < 1.29 is 29.3 Å². The second-order valence-corrected chi connectivity index (χ2v) is 26.1. The van der Waals surface area contributed by atoms with Gasteiger partial charge in [-0.05, 0) is 226 Å². The van der Waals surface area contributed by atoms with Gasteiger partial charge in [0.25, 0.3) is 0 Å². The smallest absolute Gasteiger partial charge is 0.157 e. The number of ketones is 2. The van der Waals surface area contributed by atoms with Crippen LogP contribution in [0.2, 0.25) is 0 Å². The van der Waals surface area contributed by atoms with Gasteiger partial charge in [0.1, 0.15) is 5.78 Å². The third-order valence-corrected chi connectivity index (χ3v) is 21.3. The lowest BCUT2D eigenvalue weighted by molar-refractivity contribution is -0.151. The molecule has 5 N–H and O–H groups in total. The van der Waals surface area contributed by atoms with E-state index in [0.717, 1.165) is 86.5 Å². The van der Waals surface area contributed by atoms with E-state index in [1.807, 2.05) is 47.7 Å². The molecular formula is C58H99BrN4O6. The van der Waals surface area contributed by atoms with Gasteiger partial charge < -0.3 is 30.8 Å². The number of fused-ring (bicyclic) bond motifs is 10. The maximum atomic E-state index is 13.5. The second kappa shape index (κ2) is 22.1. The molecule has 0 radical (unpaired) electrons. The fraction of sp³-hybridized carbons (Fsp3) is 0.862. The summed E-state index contributed by atoms with van der Waals surface area (Å²) < 4.78 is 12.5. The Morgan fingerprint density at radius 2 is 1.17 bits per heavy atom. The van der Waals surface area contributed by atoms with Gasteiger partial charge in [0.05, 0.1) is 53.9 Å². The Kier molecular flexibility index (Phi) is 18.5. The number of Topliss-reactive ketones (excluding diaryl/α,β-unsaturated/α-hetero) is 2. The van der Waals surface area contributed by atoms with E-state index in [-0.39, 0.29) is 49.7 Å². The molecule has 0 aromatic carbocycles. The standard InChI is InChI=1S/C28H44N2O3.C22H35BrO2.C6H12N2O.2CH4/c1-18(2)33-20-15-29-30(16-20)17-25(31)24-9-8-22-21-7-6-19-14-26(3,32)12-13-27(19,4)23(21)10-11-28(22,24)5;1-20(25)10-11-21(2)14(12-20)4-5-15-16-6-7-18(19(24)13-23)22(16,3)9-8-17(15)21;1-5(2)9-6(3-7)4-8;;/h15-16,18-19,21-24,32H,6-14,17H2,1-5H3;14-18,25H,4-13H2,1-3H3;3-5,7H,8H2,1-2H3;2*1H4/b;;6-4+,7-3?;;/t19-,21+,22+,23+,24-,26-,27+,28+;14-,15+,16+,17+,18-,20-,21+,22+;;;/m11.../s1. The number of hydrogen-bond acceptors (Lipinski definition) is 9. The minimum absolute atomic E-state index is 0. The molecule has 1 aromatic rings. The summed E-state index contributed by atoms with van der Waals surface area (Å²) in [7, 11) is 0. The lowest BCUT2D eigenvalue weighted by Gasteiger charge is -2.61. The van der Waals surface area contributed by atoms with Crippen LogP contribution in [0.3, 0.4) is 0 Å². The maximum Gasteiger partial charge on any atom is 0.157 e. The highest BCUT2D eigenvalue weighted by Gasteiger charge is 2.63. The highest BCUT2D eigenvalue weighted by Crippen LogP contribution is 2.70. The molecule has 8 aliphatic rings. The quantitative estimate of drug-likeness (QED) is 0.102. The molecule has 0 unspecified atom stereocenters. The normalized spacial score (nSPS) is 42.9. The van der Waals surface area contributed by atoms with Crippen molar-refractivity contribution in [2.24, 2.45) is 86.6 Å². The summed E-state index contributed by atoms with van der Waals surface area (Å²) in [6.07, 6.45) is 27.1. The summed E-state index contributed by atoms with van der Waals surface area (Å²) in [5, 5.41) is 33.0. The molecule has 0 bridgehead atoms. The van der Waals surface area contributed by atoms with Gasteiger partial charge in [-0.2, -0.15) is 5.10 Å². The van der Waals surface area contributed by atoms with Crippen molar-refractivity contribution in [2.75, 3.05) is 5.33 Å². The molecule has 1 heterocycles. The number of aromatic nitrogens is 2. The second-order valence-electron chi connectivity index (χ2n) is 25.6. The Morgan fingerprint density at radius 3 is 1.58 bits per heavy atom. The SMILES string of the molecule is C.C.CC(C)O/C(C=N)=C/N.CC(C)Oc1cnn(CC(=O)[C@H]2CC[C@H]3[C@@H]4CC[C@@H]5C[C@](C)(O)CC[C@]5(C)[C@H]4CC[C@]23C)c1.C[C@@]1(O)CC[C@@]2(C)[C@H](CC[C@@H]3[C@@H]2CC[C@]2(C)[C@@H](C(=O)CBr)CC[C@@H]32)C1. The molecule has 0 aliphatic heterocycles. The van der Waals surface area contributed by atoms with E-state index in [2.05, 4.69) is 48.7 Å². The highest BCUT2D eigenvalue weighted by molar-refractivity contribution is 9.09. The minimum atomic E-state index is -0.475. The van der Waals surface area contributed by atoms with Crippen molar-refractivity contribution >= 4 is 33.7 Å². The fourth-order valence-electron chi connectivity index (χ4n) is 17.4. The first-order valence-electron chi connectivity index (χ1n) is 26.8. The summed E-state index contributed by atoms with van der Waals surface area (Å²) >= 11 is 3.43. The van der Waals surface area contributed by atoms with Crippen LogP contribution >= 0.6 is 15.9 Å². The predicted molar refractivity (Wildman–Crippen MR) is 284 cm³/mol. The molecule has 0 saturated heterocycles. The largest absolute Gasteiger partial charge is 0.488 e. The topological polar surface area (TPSA) is 161 Å². The van der Waals surface area contributed by atoms with Crippen LogP contribution in [0.15, 0.2) is 24.4 Å². The summed E-state index contributed by atoms with van der Waals surface area (Å²) in [5.74, 6) is 8.31. The zero-order valence-electron chi connectivity index (χ0n) is 43.3. The number of nitrogens with one attached hydrogen (secondary N) is 1. The number of rotatable bonds is 10. The number of hydrogen-bond donors (Lipinski definition) is 4. The van der Waals surface area contributed by atoms with E-state index in [0.29, 0.717) is 57.8 Å². The van der Waals surface area contributed by atoms with Gasteiger partial charge in [-0.1, -0.05) is 58.5 Å². The molecule has 9 rings (SSSR count). The average Bonchev–Trinajstić information content (AvgIpc) is 3.97. The number of carbonyl (C=O) groups is 2. The van der Waals surface area contributed by atoms with Crippen molar-refractivity contribution in [3.63, 3.8) is 0 Å². The van der Waals surface area contributed by atoms with E-state index >= 15 is 0 Å². The first-order chi connectivity index (χ1) is 31.4. The summed E-state index contributed by atoms with van der Waals surface area (Å²) in [6.45, 7) is 22.2. The van der Waals surface area contributed by atoms with E-state index < -0.39 is 11.2 Å². The van der Waals surface area contributed by atoms with Crippen molar-refractivity contribution in [3.8, 4) is 5.75 Å². The molecule has 11 heteroatoms. The summed E-state index contributed by atoms with van der Waals surface area (Å²) in [6, 6.07) is 0. The molecule has 16 atom stereocenters. The zero-order valence-corrected chi connectivity index (χ0v) is 44.8. The Balaban J connectivity index is 0.000000219. The van der Waals surface area contributed by atoms with E-state index in [4.69, 9.17) is 20.6 Å². The Hall–Kier alpha value is -2.24. The van der Waals surface area contributed by atoms with Gasteiger partial charge >= 0.3 is 0 Å². The Labute approximate surface area is 427 Å². The highest BCUT2D eigenvalue weighted by atomic mass is 79.9. The molecule has 1 aromatic heterocycles. The number of halogens is 1. The van der Waals surface area contributed by atoms with Crippen LogP contribution < -0.4 is 10.5 Å². The van der Waals surface area contributed by atoms with Crippen LogP contribution in [-0.4, -0.2) is 66.5 Å². The van der Waals surface area contributed by atoms with E-state index in [1.54, 1.807) is 10.9 Å². The first kappa shape index (κ1) is 57.7. The fourth-order valence-corrected chi connectivity index (χ4v) is 17.8. The number of allylic oxidation sites excluding steroid dienone is 1. The first-order valence-corrected chi connectivity index (χ1v) is 27.9. The monoisotopic (exact) mass is 1030 g/mol. The Bertz CT molecular complexity index is 1950. The van der Waals surface area contributed by atoms with Crippen LogP contribution in [0.5, 0.6) is 5.75 Å². The average molecular weight is 1030 g/mol. The lowest BCUT2D eigenvalue weighted by Crippen LogP contribution is -2.55. The summed E-state index contributed by atoms with van der Waals surface area (Å²) in [4.78, 5) is 26.0. The van der Waals surface area contributed by atoms with E-state index in [9.17, 15) is 19.8 Å². The van der Waals surface area contributed by atoms with Gasteiger partial charge in [-0.3, -0.25) is 14.3 Å². The van der Waals surface area contributed by atoms with Crippen molar-refractivity contribution in [1.82, 2.24) is 9.78 Å². The van der Waals surface area contributed by atoms with Crippen molar-refractivity contribution in [3.05, 3.63) is 24.4 Å². The van der Waals surface area contributed by atoms with Crippen LogP contribution in [-0.2, 0) is 20.9 Å². The lowest BCUT2D eigenvalue weighted by atomic mass is 9.44. The van der Waals surface area contributed by atoms with Crippen LogP contribution in [0.25, 0.3) is 0 Å². The summed E-state index contributed by atoms with van der Waals surface area (Å²) in [5.41, 5.74) is 5.34. The molecule has 0 amide bonds. The molecule has 69 heavy (non-hydrogen) atoms. The van der Waals surface area contributed by atoms with Crippen molar-refractivity contribution in [2.45, 2.75) is 230 Å². The van der Waals surface area contributed by atoms with Gasteiger partial charge in [0.2, 0.25) is 0 Å². The number of ether oxygens (including phenoxy) is 2. The zero-order chi connectivity index (χ0) is 48.9. The molecule has 8 saturated carbocycles. The van der Waals surface area contributed by atoms with Gasteiger partial charge in [-0.25, -0.2) is 0 Å². The van der Waals surface area contributed by atoms with Crippen LogP contribution in [0, 0.1) is 86.2 Å². The number of nitrogens with two attached hydrogens (primary N) is 1. The molecule has 10 nitrogen and oxygen atoms in total. The van der Waals surface area contributed by atoms with Crippen LogP contribution in [0.4, 0.5) is 0 Å². The Morgan fingerprint density at radius 1 is 0.710 bits per heavy atom. The molecule has 8 fully saturated rings. The van der Waals surface area contributed by atoms with Gasteiger partial charge in [0, 0.05) is 18.0 Å². The number of carbonyl (C=O) groups excluding carboxylic acids is 2. The van der Waals surface area contributed by atoms with Gasteiger partial charge in [-0.15, -0.1) is 0 Å². The molecular weight excluding hydrogens is 929 g/mol. The molecule has 8 aliphatic carbocycles. The number of alkyl halides is 1. The van der Waals surface area contributed by atoms with Gasteiger partial charge in [0.15, 0.2) is 17.3 Å². The third kappa shape index (κ3) is 11.5. The number of nitrogens with zero attached hydrogens (tertiary/aromatic N) is 2. The third-order valence-electron chi connectivity index (χ3n) is 20.8. The molecule has 0 spiro atoms. The predicted octanol–water partition coefficient (Wildman–Crippen LogP) is 13.1. The maximum absolute atomic E-state index is 13.5. The minimum Gasteiger partial charge on any atom is -0.488 e. The van der Waals surface area contributed by atoms with Crippen molar-refractivity contribution in [1.29, 1.82) is 5.41 Å². The van der Waals surface area contributed by atoms with Crippen LogP contribution in [0.1, 0.15) is 200 Å². The number of aliphatic hydroxyl groups is 2.